The van der Waals surface area contributed by atoms with Crippen LogP contribution in [-0.2, 0) is 4.74 Å². The lowest BCUT2D eigenvalue weighted by Crippen LogP contribution is -2.60. The molecule has 0 amide bonds. The van der Waals surface area contributed by atoms with Crippen molar-refractivity contribution in [1.29, 1.82) is 0 Å². The van der Waals surface area contributed by atoms with E-state index in [2.05, 4.69) is 31.0 Å². The van der Waals surface area contributed by atoms with Crippen molar-refractivity contribution in [2.45, 2.75) is 57.7 Å². The molecule has 2 saturated heterocycles. The van der Waals surface area contributed by atoms with Crippen molar-refractivity contribution in [2.24, 2.45) is 0 Å². The van der Waals surface area contributed by atoms with Gasteiger partial charge in [-0.15, -0.1) is 0 Å². The van der Waals surface area contributed by atoms with E-state index >= 15 is 0 Å². The minimum Gasteiger partial charge on any atom is -0.378 e. The quantitative estimate of drug-likeness (QED) is 0.791. The summed E-state index contributed by atoms with van der Waals surface area (Å²) in [6.45, 7) is 11.3. The summed E-state index contributed by atoms with van der Waals surface area (Å²) in [5, 5.41) is 3.59. The average molecular weight is 226 g/mol. The highest BCUT2D eigenvalue weighted by Crippen LogP contribution is 2.19. The zero-order valence-electron chi connectivity index (χ0n) is 11.0. The summed E-state index contributed by atoms with van der Waals surface area (Å²) in [4.78, 5) is 2.61. The van der Waals surface area contributed by atoms with Crippen LogP contribution in [0.1, 0.15) is 40.0 Å². The van der Waals surface area contributed by atoms with Crippen molar-refractivity contribution in [2.75, 3.05) is 26.2 Å². The van der Waals surface area contributed by atoms with E-state index in [9.17, 15) is 0 Å². The van der Waals surface area contributed by atoms with Crippen molar-refractivity contribution < 1.29 is 4.74 Å². The molecular formula is C13H26N2O. The van der Waals surface area contributed by atoms with Crippen LogP contribution in [0.25, 0.3) is 0 Å². The molecule has 2 atom stereocenters. The molecule has 0 aromatic rings. The van der Waals surface area contributed by atoms with Gasteiger partial charge in [-0.05, 0) is 40.0 Å². The molecule has 2 fully saturated rings. The minimum absolute atomic E-state index is 0.267. The molecule has 2 aliphatic heterocycles. The Hall–Kier alpha value is -0.120. The highest BCUT2D eigenvalue weighted by Gasteiger charge is 2.30. The zero-order chi connectivity index (χ0) is 11.6. The van der Waals surface area contributed by atoms with E-state index in [0.29, 0.717) is 12.1 Å². The van der Waals surface area contributed by atoms with Crippen LogP contribution in [0.4, 0.5) is 0 Å². The number of hydrogen-bond donors (Lipinski definition) is 1. The maximum atomic E-state index is 5.69. The zero-order valence-corrected chi connectivity index (χ0v) is 11.0. The van der Waals surface area contributed by atoms with Gasteiger partial charge in [-0.3, -0.25) is 4.90 Å². The minimum atomic E-state index is 0.267. The average Bonchev–Trinajstić information content (AvgIpc) is 2.72. The fourth-order valence-corrected chi connectivity index (χ4v) is 2.75. The van der Waals surface area contributed by atoms with Crippen molar-refractivity contribution in [1.82, 2.24) is 10.2 Å². The van der Waals surface area contributed by atoms with Gasteiger partial charge in [0.25, 0.3) is 0 Å². The van der Waals surface area contributed by atoms with Gasteiger partial charge >= 0.3 is 0 Å². The van der Waals surface area contributed by atoms with Crippen molar-refractivity contribution in [3.8, 4) is 0 Å². The Balaban J connectivity index is 1.78. The fourth-order valence-electron chi connectivity index (χ4n) is 2.75. The maximum Gasteiger partial charge on any atom is 0.0588 e. The first-order valence-corrected chi connectivity index (χ1v) is 6.67. The second-order valence-electron chi connectivity index (χ2n) is 6.01. The van der Waals surface area contributed by atoms with Crippen LogP contribution in [0.3, 0.4) is 0 Å². The molecule has 3 nitrogen and oxygen atoms in total. The summed E-state index contributed by atoms with van der Waals surface area (Å²) in [6.07, 6.45) is 4.27. The first-order chi connectivity index (χ1) is 7.57. The predicted octanol–water partition coefficient (Wildman–Crippen LogP) is 1.63. The molecule has 0 bridgehead atoms. The van der Waals surface area contributed by atoms with Crippen LogP contribution in [-0.4, -0.2) is 48.8 Å². The Morgan fingerprint density at radius 2 is 2.25 bits per heavy atom. The Morgan fingerprint density at radius 3 is 2.94 bits per heavy atom. The van der Waals surface area contributed by atoms with Gasteiger partial charge < -0.3 is 10.1 Å². The molecule has 2 rings (SSSR count). The second-order valence-corrected chi connectivity index (χ2v) is 6.01. The highest BCUT2D eigenvalue weighted by molar-refractivity contribution is 4.90. The Kier molecular flexibility index (Phi) is 3.88. The van der Waals surface area contributed by atoms with Crippen LogP contribution in [0.5, 0.6) is 0 Å². The number of rotatable bonds is 3. The van der Waals surface area contributed by atoms with E-state index in [1.807, 2.05) is 0 Å². The molecule has 0 aromatic heterocycles. The van der Waals surface area contributed by atoms with Crippen LogP contribution < -0.4 is 5.32 Å². The lowest BCUT2D eigenvalue weighted by atomic mass is 9.98. The molecule has 0 spiro atoms. The molecule has 1 N–H and O–H groups in total. The number of nitrogens with one attached hydrogen (secondary N) is 1. The van der Waals surface area contributed by atoms with Gasteiger partial charge in [0.2, 0.25) is 0 Å². The van der Waals surface area contributed by atoms with Crippen LogP contribution in [0, 0.1) is 0 Å². The topological polar surface area (TPSA) is 24.5 Å². The number of piperazine rings is 1. The van der Waals surface area contributed by atoms with Gasteiger partial charge in [0.15, 0.2) is 0 Å². The largest absolute Gasteiger partial charge is 0.378 e. The van der Waals surface area contributed by atoms with E-state index in [0.717, 1.165) is 19.7 Å². The van der Waals surface area contributed by atoms with Gasteiger partial charge in [-0.25, -0.2) is 0 Å². The SMILES string of the molecule is CC1CNC(C)(C)CN1CCC1CCCO1. The molecule has 16 heavy (non-hydrogen) atoms. The lowest BCUT2D eigenvalue weighted by Gasteiger charge is -2.43. The van der Waals surface area contributed by atoms with E-state index < -0.39 is 0 Å². The smallest absolute Gasteiger partial charge is 0.0588 e. The third-order valence-corrected chi connectivity index (χ3v) is 3.86. The van der Waals surface area contributed by atoms with E-state index in [4.69, 9.17) is 4.74 Å². The molecule has 0 radical (unpaired) electrons. The van der Waals surface area contributed by atoms with E-state index in [-0.39, 0.29) is 5.54 Å². The van der Waals surface area contributed by atoms with Gasteiger partial charge in [0.05, 0.1) is 6.10 Å². The molecule has 2 heterocycles. The van der Waals surface area contributed by atoms with Crippen LogP contribution in [0.2, 0.25) is 0 Å². The number of ether oxygens (including phenoxy) is 1. The summed E-state index contributed by atoms with van der Waals surface area (Å²) >= 11 is 0. The Bertz CT molecular complexity index is 224. The molecule has 0 aliphatic carbocycles. The molecular weight excluding hydrogens is 200 g/mol. The normalized spacial score (nSPS) is 35.4. The van der Waals surface area contributed by atoms with Gasteiger partial charge in [-0.1, -0.05) is 0 Å². The summed E-state index contributed by atoms with van der Waals surface area (Å²) in [5.41, 5.74) is 0.267. The Morgan fingerprint density at radius 1 is 1.44 bits per heavy atom. The molecule has 94 valence electrons. The van der Waals surface area contributed by atoms with Gasteiger partial charge in [0, 0.05) is 37.8 Å². The monoisotopic (exact) mass is 226 g/mol. The van der Waals surface area contributed by atoms with Gasteiger partial charge in [0.1, 0.15) is 0 Å². The van der Waals surface area contributed by atoms with Crippen LogP contribution >= 0.6 is 0 Å². The summed E-state index contributed by atoms with van der Waals surface area (Å²) in [7, 11) is 0. The Labute approximate surface area is 99.5 Å². The first-order valence-electron chi connectivity index (χ1n) is 6.67. The molecule has 2 unspecified atom stereocenters. The van der Waals surface area contributed by atoms with Crippen molar-refractivity contribution in [3.63, 3.8) is 0 Å². The van der Waals surface area contributed by atoms with Crippen molar-refractivity contribution in [3.05, 3.63) is 0 Å². The van der Waals surface area contributed by atoms with E-state index in [1.54, 1.807) is 0 Å². The van der Waals surface area contributed by atoms with Gasteiger partial charge in [-0.2, -0.15) is 0 Å². The van der Waals surface area contributed by atoms with Crippen LogP contribution in [0.15, 0.2) is 0 Å². The maximum absolute atomic E-state index is 5.69. The van der Waals surface area contributed by atoms with E-state index in [1.165, 1.54) is 25.8 Å². The second kappa shape index (κ2) is 5.03. The molecule has 3 heteroatoms. The first kappa shape index (κ1) is 12.3. The third kappa shape index (κ3) is 3.19. The third-order valence-electron chi connectivity index (χ3n) is 3.86. The lowest BCUT2D eigenvalue weighted by molar-refractivity contribution is 0.0624. The fraction of sp³-hybridized carbons (Fsp3) is 1.00. The highest BCUT2D eigenvalue weighted by atomic mass is 16.5. The summed E-state index contributed by atoms with van der Waals surface area (Å²) in [6, 6.07) is 0.662. The number of nitrogens with zero attached hydrogens (tertiary/aromatic N) is 1. The summed E-state index contributed by atoms with van der Waals surface area (Å²) in [5.74, 6) is 0. The predicted molar refractivity (Wildman–Crippen MR) is 66.7 cm³/mol. The summed E-state index contributed by atoms with van der Waals surface area (Å²) < 4.78 is 5.69. The molecule has 0 aromatic carbocycles. The standard InChI is InChI=1S/C13H26N2O/c1-11-9-14-13(2,3)10-15(11)7-6-12-5-4-8-16-12/h11-12,14H,4-10H2,1-3H3. The van der Waals surface area contributed by atoms with Crippen molar-refractivity contribution >= 4 is 0 Å². The molecule has 0 saturated carbocycles. The molecule has 2 aliphatic rings. The number of hydrogen-bond acceptors (Lipinski definition) is 3.